The van der Waals surface area contributed by atoms with Crippen LogP contribution in [0, 0.1) is 11.6 Å². The number of rotatable bonds is 3. The Morgan fingerprint density at radius 3 is 2.82 bits per heavy atom. The second kappa shape index (κ2) is 4.79. The topological polar surface area (TPSA) is 46.3 Å². The fourth-order valence-corrected chi connectivity index (χ4v) is 2.09. The second-order valence-corrected chi connectivity index (χ2v) is 4.19. The van der Waals surface area contributed by atoms with E-state index in [1.807, 2.05) is 0 Å². The van der Waals surface area contributed by atoms with Crippen LogP contribution in [0.3, 0.4) is 0 Å². The lowest BCUT2D eigenvalue weighted by molar-refractivity contribution is -0.129. The number of likely N-dealkylation sites (tertiary alicyclic amines) is 1. The Labute approximate surface area is 98.2 Å². The average Bonchev–Trinajstić information content (AvgIpc) is 2.64. The van der Waals surface area contributed by atoms with Gasteiger partial charge in [-0.2, -0.15) is 0 Å². The quantitative estimate of drug-likeness (QED) is 0.868. The van der Waals surface area contributed by atoms with Gasteiger partial charge in [0.05, 0.1) is 0 Å². The van der Waals surface area contributed by atoms with Gasteiger partial charge in [0.1, 0.15) is 11.6 Å². The molecule has 1 amide bonds. The highest BCUT2D eigenvalue weighted by Gasteiger charge is 2.30. The highest BCUT2D eigenvalue weighted by Crippen LogP contribution is 2.22. The molecule has 5 heteroatoms. The van der Waals surface area contributed by atoms with E-state index < -0.39 is 11.6 Å². The zero-order valence-electron chi connectivity index (χ0n) is 9.33. The minimum Gasteiger partial charge on any atom is -0.334 e. The van der Waals surface area contributed by atoms with Crippen LogP contribution in [-0.2, 0) is 11.3 Å². The van der Waals surface area contributed by atoms with Crippen LogP contribution in [0.2, 0.25) is 0 Å². The highest BCUT2D eigenvalue weighted by molar-refractivity contribution is 5.78. The van der Waals surface area contributed by atoms with Crippen molar-refractivity contribution in [1.29, 1.82) is 0 Å². The van der Waals surface area contributed by atoms with Crippen LogP contribution in [-0.4, -0.2) is 23.4 Å². The van der Waals surface area contributed by atoms with Crippen LogP contribution in [0.15, 0.2) is 18.2 Å². The Bertz CT molecular complexity index is 437. The molecule has 1 saturated heterocycles. The molecule has 1 heterocycles. The van der Waals surface area contributed by atoms with E-state index in [4.69, 9.17) is 5.73 Å². The lowest BCUT2D eigenvalue weighted by atomic mass is 10.1. The van der Waals surface area contributed by atoms with Crippen molar-refractivity contribution in [2.45, 2.75) is 25.4 Å². The lowest BCUT2D eigenvalue weighted by Crippen LogP contribution is -2.37. The van der Waals surface area contributed by atoms with Gasteiger partial charge in [-0.1, -0.05) is 6.07 Å². The molecule has 2 rings (SSSR count). The molecule has 92 valence electrons. The van der Waals surface area contributed by atoms with Gasteiger partial charge in [-0.05, 0) is 12.5 Å². The molecule has 17 heavy (non-hydrogen) atoms. The monoisotopic (exact) mass is 240 g/mol. The molecular weight excluding hydrogens is 226 g/mol. The van der Waals surface area contributed by atoms with Gasteiger partial charge in [0.2, 0.25) is 5.91 Å². The summed E-state index contributed by atoms with van der Waals surface area (Å²) < 4.78 is 26.2. The first-order valence-corrected chi connectivity index (χ1v) is 5.55. The molecule has 1 atom stereocenters. The Hall–Kier alpha value is -1.49. The minimum atomic E-state index is -0.625. The van der Waals surface area contributed by atoms with E-state index in [9.17, 15) is 13.6 Å². The first-order chi connectivity index (χ1) is 8.11. The Kier molecular flexibility index (Phi) is 3.38. The number of benzene rings is 1. The third-order valence-electron chi connectivity index (χ3n) is 3.08. The minimum absolute atomic E-state index is 0.0239. The van der Waals surface area contributed by atoms with E-state index in [0.717, 1.165) is 6.07 Å². The Morgan fingerprint density at radius 1 is 1.41 bits per heavy atom. The summed E-state index contributed by atoms with van der Waals surface area (Å²) in [5.74, 6) is -1.26. The van der Waals surface area contributed by atoms with Gasteiger partial charge < -0.3 is 10.6 Å². The SMILES string of the molecule is NCC1CCC(=O)N1Cc1ccc(F)cc1F. The summed E-state index contributed by atoms with van der Waals surface area (Å²) in [4.78, 5) is 13.2. The van der Waals surface area contributed by atoms with Crippen molar-refractivity contribution in [2.75, 3.05) is 6.54 Å². The van der Waals surface area contributed by atoms with Gasteiger partial charge in [0.15, 0.2) is 0 Å². The van der Waals surface area contributed by atoms with Gasteiger partial charge in [-0.3, -0.25) is 4.79 Å². The fourth-order valence-electron chi connectivity index (χ4n) is 2.09. The predicted molar refractivity (Wildman–Crippen MR) is 59.0 cm³/mol. The fraction of sp³-hybridized carbons (Fsp3) is 0.417. The highest BCUT2D eigenvalue weighted by atomic mass is 19.1. The first kappa shape index (κ1) is 12.0. The maximum absolute atomic E-state index is 13.5. The van der Waals surface area contributed by atoms with Crippen LogP contribution in [0.1, 0.15) is 18.4 Å². The maximum atomic E-state index is 13.5. The number of hydrogen-bond donors (Lipinski definition) is 1. The van der Waals surface area contributed by atoms with E-state index >= 15 is 0 Å². The summed E-state index contributed by atoms with van der Waals surface area (Å²) in [5.41, 5.74) is 5.87. The number of amides is 1. The van der Waals surface area contributed by atoms with E-state index in [1.165, 1.54) is 12.1 Å². The third kappa shape index (κ3) is 2.44. The van der Waals surface area contributed by atoms with Crippen molar-refractivity contribution in [3.05, 3.63) is 35.4 Å². The summed E-state index contributed by atoms with van der Waals surface area (Å²) in [6.07, 6.45) is 1.16. The first-order valence-electron chi connectivity index (χ1n) is 5.55. The van der Waals surface area contributed by atoms with Crippen molar-refractivity contribution in [3.8, 4) is 0 Å². The van der Waals surface area contributed by atoms with Crippen LogP contribution in [0.25, 0.3) is 0 Å². The Morgan fingerprint density at radius 2 is 2.18 bits per heavy atom. The number of halogens is 2. The molecule has 0 saturated carbocycles. The summed E-state index contributed by atoms with van der Waals surface area (Å²) in [6, 6.07) is 3.35. The third-order valence-corrected chi connectivity index (χ3v) is 3.08. The normalized spacial score (nSPS) is 20.1. The smallest absolute Gasteiger partial charge is 0.223 e. The van der Waals surface area contributed by atoms with Crippen LogP contribution >= 0.6 is 0 Å². The van der Waals surface area contributed by atoms with Crippen LogP contribution < -0.4 is 5.73 Å². The van der Waals surface area contributed by atoms with Crippen molar-refractivity contribution in [3.63, 3.8) is 0 Å². The molecule has 0 spiro atoms. The van der Waals surface area contributed by atoms with E-state index in [-0.39, 0.29) is 18.5 Å². The van der Waals surface area contributed by atoms with Gasteiger partial charge >= 0.3 is 0 Å². The molecular formula is C12H14F2N2O. The van der Waals surface area contributed by atoms with Gasteiger partial charge in [0, 0.05) is 37.2 Å². The zero-order valence-corrected chi connectivity index (χ0v) is 9.33. The molecule has 1 aliphatic heterocycles. The molecule has 3 nitrogen and oxygen atoms in total. The summed E-state index contributed by atoms with van der Waals surface area (Å²) in [5, 5.41) is 0. The molecule has 0 aromatic heterocycles. The van der Waals surface area contributed by atoms with Gasteiger partial charge in [0.25, 0.3) is 0 Å². The molecule has 0 aliphatic carbocycles. The average molecular weight is 240 g/mol. The molecule has 1 aliphatic rings. The second-order valence-electron chi connectivity index (χ2n) is 4.19. The molecule has 0 bridgehead atoms. The predicted octanol–water partition coefficient (Wildman–Crippen LogP) is 1.41. The molecule has 1 aromatic rings. The standard InChI is InChI=1S/C12H14F2N2O/c13-9-2-1-8(11(14)5-9)7-16-10(6-15)3-4-12(16)17/h1-2,5,10H,3-4,6-7,15H2. The molecule has 1 fully saturated rings. The lowest BCUT2D eigenvalue weighted by Gasteiger charge is -2.23. The summed E-state index contributed by atoms with van der Waals surface area (Å²) in [7, 11) is 0. The number of carbonyl (C=O) groups excluding carboxylic acids is 1. The van der Waals surface area contributed by atoms with Crippen LogP contribution in [0.5, 0.6) is 0 Å². The van der Waals surface area contributed by atoms with Crippen molar-refractivity contribution in [2.24, 2.45) is 5.73 Å². The van der Waals surface area contributed by atoms with E-state index in [2.05, 4.69) is 0 Å². The van der Waals surface area contributed by atoms with Gasteiger partial charge in [-0.25, -0.2) is 8.78 Å². The summed E-state index contributed by atoms with van der Waals surface area (Å²) >= 11 is 0. The molecule has 1 unspecified atom stereocenters. The number of nitrogens with two attached hydrogens (primary N) is 1. The Balaban J connectivity index is 2.17. The number of nitrogens with zero attached hydrogens (tertiary/aromatic N) is 1. The summed E-state index contributed by atoms with van der Waals surface area (Å²) in [6.45, 7) is 0.529. The molecule has 2 N–H and O–H groups in total. The maximum Gasteiger partial charge on any atom is 0.223 e. The van der Waals surface area contributed by atoms with Crippen LogP contribution in [0.4, 0.5) is 8.78 Å². The van der Waals surface area contributed by atoms with E-state index in [0.29, 0.717) is 24.9 Å². The van der Waals surface area contributed by atoms with Gasteiger partial charge in [-0.15, -0.1) is 0 Å². The van der Waals surface area contributed by atoms with Crippen molar-refractivity contribution >= 4 is 5.91 Å². The van der Waals surface area contributed by atoms with Crippen molar-refractivity contribution < 1.29 is 13.6 Å². The van der Waals surface area contributed by atoms with E-state index in [1.54, 1.807) is 4.90 Å². The number of hydrogen-bond acceptors (Lipinski definition) is 2. The molecule has 0 radical (unpaired) electrons. The molecule has 1 aromatic carbocycles. The number of carbonyl (C=O) groups is 1. The van der Waals surface area contributed by atoms with Crippen molar-refractivity contribution in [1.82, 2.24) is 4.90 Å². The zero-order chi connectivity index (χ0) is 12.4. The largest absolute Gasteiger partial charge is 0.334 e.